The van der Waals surface area contributed by atoms with Crippen LogP contribution in [0, 0.1) is 0 Å². The molecule has 0 radical (unpaired) electrons. The average molecular weight is 231 g/mol. The van der Waals surface area contributed by atoms with E-state index in [0.717, 1.165) is 0 Å². The van der Waals surface area contributed by atoms with Gasteiger partial charge in [-0.25, -0.2) is 0 Å². The Morgan fingerprint density at radius 2 is 2.13 bits per heavy atom. The summed E-state index contributed by atoms with van der Waals surface area (Å²) in [6.45, 7) is 1.87. The molecule has 0 spiro atoms. The summed E-state index contributed by atoms with van der Waals surface area (Å²) in [5, 5.41) is 4.02. The van der Waals surface area contributed by atoms with Gasteiger partial charge in [0.2, 0.25) is 0 Å². The van der Waals surface area contributed by atoms with E-state index in [1.807, 2.05) is 18.7 Å². The van der Waals surface area contributed by atoms with Crippen LogP contribution in [0.25, 0.3) is 0 Å². The summed E-state index contributed by atoms with van der Waals surface area (Å²) in [4.78, 5) is 11.3. The number of rotatable bonds is 4. The highest BCUT2D eigenvalue weighted by molar-refractivity contribution is 7.99. The van der Waals surface area contributed by atoms with Gasteiger partial charge < -0.3 is 10.1 Å². The normalized spacial score (nSPS) is 28.5. The lowest BCUT2D eigenvalue weighted by Crippen LogP contribution is -2.48. The number of ether oxygens (including phenoxy) is 1. The van der Waals surface area contributed by atoms with Crippen molar-refractivity contribution < 1.29 is 9.53 Å². The van der Waals surface area contributed by atoms with Gasteiger partial charge in [-0.15, -0.1) is 0 Å². The standard InChI is InChI=1S/C11H21NO2S/c1-8(11(13)14-2)12-9-6-4-5-7-10(9)15-3/h8-10,12H,4-7H2,1-3H3. The van der Waals surface area contributed by atoms with E-state index in [0.29, 0.717) is 11.3 Å². The second-order valence-electron chi connectivity index (χ2n) is 4.08. The van der Waals surface area contributed by atoms with Crippen molar-refractivity contribution in [3.63, 3.8) is 0 Å². The third-order valence-electron chi connectivity index (χ3n) is 3.02. The largest absolute Gasteiger partial charge is 0.468 e. The van der Waals surface area contributed by atoms with Crippen molar-refractivity contribution in [1.82, 2.24) is 5.32 Å². The summed E-state index contributed by atoms with van der Waals surface area (Å²) < 4.78 is 4.71. The minimum Gasteiger partial charge on any atom is -0.468 e. The van der Waals surface area contributed by atoms with E-state index in [-0.39, 0.29) is 12.0 Å². The lowest BCUT2D eigenvalue weighted by Gasteiger charge is -2.32. The number of methoxy groups -OCH3 is 1. The molecule has 1 fully saturated rings. The number of esters is 1. The molecule has 0 amide bonds. The molecule has 0 saturated heterocycles. The van der Waals surface area contributed by atoms with Crippen LogP contribution in [0.4, 0.5) is 0 Å². The zero-order chi connectivity index (χ0) is 11.3. The van der Waals surface area contributed by atoms with Crippen LogP contribution in [0.1, 0.15) is 32.6 Å². The van der Waals surface area contributed by atoms with Crippen molar-refractivity contribution in [2.45, 2.75) is 49.9 Å². The molecule has 4 heteroatoms. The molecule has 0 aliphatic heterocycles. The van der Waals surface area contributed by atoms with E-state index in [4.69, 9.17) is 4.74 Å². The summed E-state index contributed by atoms with van der Waals surface area (Å²) >= 11 is 1.90. The highest BCUT2D eigenvalue weighted by Crippen LogP contribution is 2.27. The maximum Gasteiger partial charge on any atom is 0.322 e. The molecule has 1 N–H and O–H groups in total. The van der Waals surface area contributed by atoms with Gasteiger partial charge in [0, 0.05) is 11.3 Å². The van der Waals surface area contributed by atoms with Gasteiger partial charge in [0.25, 0.3) is 0 Å². The van der Waals surface area contributed by atoms with Crippen LogP contribution >= 0.6 is 11.8 Å². The Morgan fingerprint density at radius 3 is 2.73 bits per heavy atom. The monoisotopic (exact) mass is 231 g/mol. The first kappa shape index (κ1) is 12.8. The van der Waals surface area contributed by atoms with E-state index < -0.39 is 0 Å². The van der Waals surface area contributed by atoms with Gasteiger partial charge in [0.1, 0.15) is 6.04 Å². The van der Waals surface area contributed by atoms with Crippen molar-refractivity contribution in [2.75, 3.05) is 13.4 Å². The number of nitrogens with one attached hydrogen (secondary N) is 1. The third kappa shape index (κ3) is 3.68. The highest BCUT2D eigenvalue weighted by Gasteiger charge is 2.27. The molecule has 3 unspecified atom stereocenters. The van der Waals surface area contributed by atoms with Gasteiger partial charge in [0.15, 0.2) is 0 Å². The predicted molar refractivity (Wildman–Crippen MR) is 64.2 cm³/mol. The first-order valence-electron chi connectivity index (χ1n) is 5.55. The van der Waals surface area contributed by atoms with Crippen LogP contribution in [0.5, 0.6) is 0 Å². The molecular formula is C11H21NO2S. The van der Waals surface area contributed by atoms with Gasteiger partial charge in [-0.05, 0) is 26.0 Å². The summed E-state index contributed by atoms with van der Waals surface area (Å²) in [5.41, 5.74) is 0. The second-order valence-corrected chi connectivity index (χ2v) is 5.15. The fraction of sp³-hybridized carbons (Fsp3) is 0.909. The van der Waals surface area contributed by atoms with Gasteiger partial charge in [0.05, 0.1) is 7.11 Å². The number of hydrogen-bond donors (Lipinski definition) is 1. The molecule has 0 aromatic heterocycles. The van der Waals surface area contributed by atoms with Gasteiger partial charge >= 0.3 is 5.97 Å². The molecule has 88 valence electrons. The van der Waals surface area contributed by atoms with Crippen LogP contribution in [0.3, 0.4) is 0 Å². The van der Waals surface area contributed by atoms with Crippen LogP contribution in [-0.2, 0) is 9.53 Å². The molecule has 1 aliphatic rings. The molecule has 1 saturated carbocycles. The second kappa shape index (κ2) is 6.38. The van der Waals surface area contributed by atoms with Crippen molar-refractivity contribution in [3.8, 4) is 0 Å². The van der Waals surface area contributed by atoms with Crippen molar-refractivity contribution in [3.05, 3.63) is 0 Å². The Labute approximate surface area is 96.3 Å². The smallest absolute Gasteiger partial charge is 0.322 e. The molecule has 3 atom stereocenters. The minimum atomic E-state index is -0.187. The van der Waals surface area contributed by atoms with E-state index >= 15 is 0 Å². The van der Waals surface area contributed by atoms with E-state index in [1.54, 1.807) is 0 Å². The van der Waals surface area contributed by atoms with Crippen LogP contribution in [0.2, 0.25) is 0 Å². The SMILES string of the molecule is COC(=O)C(C)NC1CCCCC1SC. The zero-order valence-corrected chi connectivity index (χ0v) is 10.6. The number of hydrogen-bond acceptors (Lipinski definition) is 4. The lowest BCUT2D eigenvalue weighted by molar-refractivity contribution is -0.142. The Hall–Kier alpha value is -0.220. The van der Waals surface area contributed by atoms with Crippen LogP contribution in [-0.4, -0.2) is 36.7 Å². The summed E-state index contributed by atoms with van der Waals surface area (Å²) in [6, 6.07) is 0.274. The lowest BCUT2D eigenvalue weighted by atomic mass is 9.94. The van der Waals surface area contributed by atoms with Crippen molar-refractivity contribution in [1.29, 1.82) is 0 Å². The van der Waals surface area contributed by atoms with Crippen molar-refractivity contribution in [2.24, 2.45) is 0 Å². The molecule has 1 rings (SSSR count). The molecule has 1 aliphatic carbocycles. The number of carbonyl (C=O) groups excluding carboxylic acids is 1. The van der Waals surface area contributed by atoms with Crippen LogP contribution in [0.15, 0.2) is 0 Å². The molecule has 0 aromatic carbocycles. The van der Waals surface area contributed by atoms with Gasteiger partial charge in [-0.1, -0.05) is 12.8 Å². The summed E-state index contributed by atoms with van der Waals surface area (Å²) in [5.74, 6) is -0.166. The fourth-order valence-corrected chi connectivity index (χ4v) is 3.08. The zero-order valence-electron chi connectivity index (χ0n) is 9.79. The maximum atomic E-state index is 11.3. The first-order chi connectivity index (χ1) is 7.19. The van der Waals surface area contributed by atoms with Gasteiger partial charge in [-0.3, -0.25) is 4.79 Å². The molecule has 0 heterocycles. The fourth-order valence-electron chi connectivity index (χ4n) is 2.14. The maximum absolute atomic E-state index is 11.3. The first-order valence-corrected chi connectivity index (χ1v) is 6.84. The Bertz CT molecular complexity index is 211. The van der Waals surface area contributed by atoms with E-state index in [2.05, 4.69) is 11.6 Å². The minimum absolute atomic E-state index is 0.166. The van der Waals surface area contributed by atoms with E-state index in [1.165, 1.54) is 32.8 Å². The Morgan fingerprint density at radius 1 is 1.47 bits per heavy atom. The van der Waals surface area contributed by atoms with Crippen LogP contribution < -0.4 is 5.32 Å². The Kier molecular flexibility index (Phi) is 5.47. The third-order valence-corrected chi connectivity index (χ3v) is 4.19. The number of carbonyl (C=O) groups is 1. The van der Waals surface area contributed by atoms with E-state index in [9.17, 15) is 4.79 Å². The molecule has 15 heavy (non-hydrogen) atoms. The number of thioether (sulfide) groups is 1. The molecule has 3 nitrogen and oxygen atoms in total. The average Bonchev–Trinajstić information content (AvgIpc) is 2.28. The Balaban J connectivity index is 2.43. The topological polar surface area (TPSA) is 38.3 Å². The predicted octanol–water partition coefficient (Wildman–Crippen LogP) is 1.81. The molecular weight excluding hydrogens is 210 g/mol. The van der Waals surface area contributed by atoms with Crippen molar-refractivity contribution >= 4 is 17.7 Å². The molecule has 0 bridgehead atoms. The van der Waals surface area contributed by atoms with Gasteiger partial charge in [-0.2, -0.15) is 11.8 Å². The summed E-state index contributed by atoms with van der Waals surface area (Å²) in [6.07, 6.45) is 7.16. The molecule has 0 aromatic rings. The summed E-state index contributed by atoms with van der Waals surface area (Å²) in [7, 11) is 1.44. The quantitative estimate of drug-likeness (QED) is 0.749. The highest BCUT2D eigenvalue weighted by atomic mass is 32.2.